The summed E-state index contributed by atoms with van der Waals surface area (Å²) in [6.45, 7) is 0. The van der Waals surface area contributed by atoms with Crippen molar-refractivity contribution in [2.45, 2.75) is 6.43 Å². The second-order valence-electron chi connectivity index (χ2n) is 3.12. The number of benzene rings is 1. The van der Waals surface area contributed by atoms with E-state index in [2.05, 4.69) is 0 Å². The van der Waals surface area contributed by atoms with Crippen LogP contribution in [0.3, 0.4) is 0 Å². The minimum Gasteiger partial charge on any atom is -0.391 e. The lowest BCUT2D eigenvalue weighted by Gasteiger charge is -2.00. The summed E-state index contributed by atoms with van der Waals surface area (Å²) in [5.74, 6) is 0. The van der Waals surface area contributed by atoms with Gasteiger partial charge in [-0.3, -0.25) is 0 Å². The molecule has 1 nitrogen and oxygen atoms in total. The molecule has 0 bridgehead atoms. The highest BCUT2D eigenvalue weighted by Gasteiger charge is 2.07. The van der Waals surface area contributed by atoms with Crippen LogP contribution in [0.4, 0.5) is 13.8 Å². The van der Waals surface area contributed by atoms with Crippen LogP contribution in [0, 0.1) is 0 Å². The van der Waals surface area contributed by atoms with E-state index in [4.69, 9.17) is 5.73 Å². The predicted molar refractivity (Wildman–Crippen MR) is 59.1 cm³/mol. The zero-order valence-electron chi connectivity index (χ0n) is 7.78. The Morgan fingerprint density at radius 1 is 1.00 bits per heavy atom. The summed E-state index contributed by atoms with van der Waals surface area (Å²) in [4.78, 5) is 0.994. The zero-order chi connectivity index (χ0) is 10.8. The molecule has 0 saturated carbocycles. The van der Waals surface area contributed by atoms with Gasteiger partial charge in [0.05, 0.1) is 5.00 Å². The number of thiophene rings is 1. The summed E-state index contributed by atoms with van der Waals surface area (Å²) in [5.41, 5.74) is 6.55. The Balaban J connectivity index is 2.31. The molecule has 2 rings (SSSR count). The van der Waals surface area contributed by atoms with Gasteiger partial charge in [0.15, 0.2) is 0 Å². The summed E-state index contributed by atoms with van der Waals surface area (Å²) in [6, 6.07) is 9.95. The fourth-order valence-electron chi connectivity index (χ4n) is 1.30. The summed E-state index contributed by atoms with van der Waals surface area (Å²) in [5, 5.41) is 0.725. The molecule has 0 aliphatic rings. The third-order valence-electron chi connectivity index (χ3n) is 2.07. The average Bonchev–Trinajstić information content (AvgIpc) is 2.65. The topological polar surface area (TPSA) is 26.0 Å². The molecule has 2 N–H and O–H groups in total. The quantitative estimate of drug-likeness (QED) is 0.823. The standard InChI is InChI=1S/C11H9F2NS/c12-11(13)8-3-1-7(2-4-8)9-5-6-10(14)15-9/h1-6,11H,14H2. The molecule has 0 spiro atoms. The van der Waals surface area contributed by atoms with Gasteiger partial charge in [-0.05, 0) is 17.7 Å². The number of anilines is 1. The van der Waals surface area contributed by atoms with Crippen LogP contribution >= 0.6 is 11.3 Å². The third-order valence-corrected chi connectivity index (χ3v) is 3.04. The second-order valence-corrected chi connectivity index (χ2v) is 4.24. The van der Waals surface area contributed by atoms with E-state index in [1.807, 2.05) is 6.07 Å². The first-order chi connectivity index (χ1) is 7.16. The minimum atomic E-state index is -2.41. The summed E-state index contributed by atoms with van der Waals surface area (Å²) in [7, 11) is 0. The van der Waals surface area contributed by atoms with Gasteiger partial charge >= 0.3 is 0 Å². The number of hydrogen-bond donors (Lipinski definition) is 1. The molecule has 0 unspecified atom stereocenters. The Bertz CT molecular complexity index is 448. The first-order valence-electron chi connectivity index (χ1n) is 4.40. The van der Waals surface area contributed by atoms with Crippen LogP contribution in [0.2, 0.25) is 0 Å². The van der Waals surface area contributed by atoms with Gasteiger partial charge in [0.2, 0.25) is 0 Å². The SMILES string of the molecule is Nc1ccc(-c2ccc(C(F)F)cc2)s1. The molecule has 0 aliphatic heterocycles. The molecule has 4 heteroatoms. The van der Waals surface area contributed by atoms with E-state index in [0.29, 0.717) is 0 Å². The molecule has 1 aromatic carbocycles. The van der Waals surface area contributed by atoms with Crippen molar-refractivity contribution in [3.05, 3.63) is 42.0 Å². The van der Waals surface area contributed by atoms with Crippen LogP contribution in [-0.4, -0.2) is 0 Å². The van der Waals surface area contributed by atoms with Gasteiger partial charge in [-0.2, -0.15) is 0 Å². The molecule has 0 amide bonds. The van der Waals surface area contributed by atoms with Crippen LogP contribution in [0.1, 0.15) is 12.0 Å². The highest BCUT2D eigenvalue weighted by Crippen LogP contribution is 2.30. The van der Waals surface area contributed by atoms with Crippen LogP contribution < -0.4 is 5.73 Å². The highest BCUT2D eigenvalue weighted by atomic mass is 32.1. The largest absolute Gasteiger partial charge is 0.391 e. The smallest absolute Gasteiger partial charge is 0.263 e. The molecule has 0 radical (unpaired) electrons. The Morgan fingerprint density at radius 2 is 1.67 bits per heavy atom. The highest BCUT2D eigenvalue weighted by molar-refractivity contribution is 7.19. The van der Waals surface area contributed by atoms with Gasteiger partial charge < -0.3 is 5.73 Å². The first-order valence-corrected chi connectivity index (χ1v) is 5.22. The second kappa shape index (κ2) is 3.98. The summed E-state index contributed by atoms with van der Waals surface area (Å²) < 4.78 is 24.6. The zero-order valence-corrected chi connectivity index (χ0v) is 8.60. The van der Waals surface area contributed by atoms with Crippen molar-refractivity contribution in [1.82, 2.24) is 0 Å². The fraction of sp³-hybridized carbons (Fsp3) is 0.0909. The molecule has 0 aliphatic carbocycles. The van der Waals surface area contributed by atoms with Crippen molar-refractivity contribution >= 4 is 16.3 Å². The van der Waals surface area contributed by atoms with E-state index in [0.717, 1.165) is 15.4 Å². The maximum absolute atomic E-state index is 12.3. The van der Waals surface area contributed by atoms with Crippen LogP contribution in [0.5, 0.6) is 0 Å². The monoisotopic (exact) mass is 225 g/mol. The molecule has 1 aromatic heterocycles. The van der Waals surface area contributed by atoms with Crippen LogP contribution in [0.25, 0.3) is 10.4 Å². The minimum absolute atomic E-state index is 0.0447. The number of hydrogen-bond acceptors (Lipinski definition) is 2. The predicted octanol–water partition coefficient (Wildman–Crippen LogP) is 3.93. The van der Waals surface area contributed by atoms with E-state index >= 15 is 0 Å². The van der Waals surface area contributed by atoms with Gasteiger partial charge in [0.1, 0.15) is 0 Å². The van der Waals surface area contributed by atoms with Crippen molar-refractivity contribution in [2.75, 3.05) is 5.73 Å². The van der Waals surface area contributed by atoms with E-state index < -0.39 is 6.43 Å². The van der Waals surface area contributed by atoms with Crippen molar-refractivity contribution in [1.29, 1.82) is 0 Å². The molecule has 0 saturated heterocycles. The first kappa shape index (κ1) is 10.1. The van der Waals surface area contributed by atoms with Gasteiger partial charge in [-0.25, -0.2) is 8.78 Å². The van der Waals surface area contributed by atoms with Crippen molar-refractivity contribution in [3.8, 4) is 10.4 Å². The van der Waals surface area contributed by atoms with Gasteiger partial charge in [0.25, 0.3) is 6.43 Å². The molecule has 15 heavy (non-hydrogen) atoms. The molecular weight excluding hydrogens is 216 g/mol. The average molecular weight is 225 g/mol. The Morgan fingerprint density at radius 3 is 2.13 bits per heavy atom. The molecule has 0 atom stereocenters. The molecule has 1 heterocycles. The normalized spacial score (nSPS) is 10.9. The fourth-order valence-corrected chi connectivity index (χ4v) is 2.08. The Kier molecular flexibility index (Phi) is 2.68. The van der Waals surface area contributed by atoms with E-state index in [9.17, 15) is 8.78 Å². The number of nitrogen functional groups attached to an aromatic ring is 1. The summed E-state index contributed by atoms with van der Waals surface area (Å²) >= 11 is 1.45. The number of nitrogens with two attached hydrogens (primary N) is 1. The molecule has 0 fully saturated rings. The van der Waals surface area contributed by atoms with Gasteiger partial charge in [-0.15, -0.1) is 11.3 Å². The van der Waals surface area contributed by atoms with Crippen LogP contribution in [0.15, 0.2) is 36.4 Å². The van der Waals surface area contributed by atoms with E-state index in [1.165, 1.54) is 23.5 Å². The Labute approximate surface area is 90.2 Å². The Hall–Kier alpha value is -1.42. The van der Waals surface area contributed by atoms with Crippen molar-refractivity contribution in [2.24, 2.45) is 0 Å². The number of halogens is 2. The maximum Gasteiger partial charge on any atom is 0.263 e. The summed E-state index contributed by atoms with van der Waals surface area (Å²) in [6.07, 6.45) is -2.41. The number of rotatable bonds is 2. The molecule has 2 aromatic rings. The lowest BCUT2D eigenvalue weighted by atomic mass is 10.1. The maximum atomic E-state index is 12.3. The molecule has 78 valence electrons. The van der Waals surface area contributed by atoms with Crippen LogP contribution in [-0.2, 0) is 0 Å². The van der Waals surface area contributed by atoms with E-state index in [1.54, 1.807) is 18.2 Å². The van der Waals surface area contributed by atoms with Gasteiger partial charge in [0, 0.05) is 10.4 Å². The third kappa shape index (κ3) is 2.15. The lowest BCUT2D eigenvalue weighted by molar-refractivity contribution is 0.151. The van der Waals surface area contributed by atoms with E-state index in [-0.39, 0.29) is 5.56 Å². The van der Waals surface area contributed by atoms with Crippen molar-refractivity contribution < 1.29 is 8.78 Å². The molecular formula is C11H9F2NS. The number of alkyl halides is 2. The van der Waals surface area contributed by atoms with Crippen molar-refractivity contribution in [3.63, 3.8) is 0 Å². The lowest BCUT2D eigenvalue weighted by Crippen LogP contribution is -1.82. The van der Waals surface area contributed by atoms with Gasteiger partial charge in [-0.1, -0.05) is 24.3 Å².